The van der Waals surface area contributed by atoms with Gasteiger partial charge < -0.3 is 9.64 Å². The van der Waals surface area contributed by atoms with Crippen LogP contribution in [0.1, 0.15) is 34.6 Å². The highest BCUT2D eigenvalue weighted by molar-refractivity contribution is 5.68. The van der Waals surface area contributed by atoms with Gasteiger partial charge in [0.2, 0.25) is 0 Å². The van der Waals surface area contributed by atoms with Crippen LogP contribution in [0, 0.1) is 0 Å². The number of nitrogens with zero attached hydrogens (tertiary/aromatic N) is 1. The van der Waals surface area contributed by atoms with Crippen molar-refractivity contribution in [3.05, 3.63) is 12.3 Å². The molecule has 3 nitrogen and oxygen atoms in total. The molecule has 3 heteroatoms. The van der Waals surface area contributed by atoms with Gasteiger partial charge in [-0.05, 0) is 34.6 Å². The summed E-state index contributed by atoms with van der Waals surface area (Å²) >= 11 is 0. The van der Waals surface area contributed by atoms with Crippen LogP contribution in [0.5, 0.6) is 0 Å². The fourth-order valence-corrected chi connectivity index (χ4v) is 1.21. The Hall–Kier alpha value is -0.990. The zero-order valence-electron chi connectivity index (χ0n) is 9.07. The van der Waals surface area contributed by atoms with Crippen LogP contribution in [-0.4, -0.2) is 23.1 Å². The van der Waals surface area contributed by atoms with E-state index >= 15 is 0 Å². The summed E-state index contributed by atoms with van der Waals surface area (Å²) in [5.74, 6) is 0. The van der Waals surface area contributed by atoms with Gasteiger partial charge in [0.1, 0.15) is 0 Å². The summed E-state index contributed by atoms with van der Waals surface area (Å²) < 4.78 is 4.88. The minimum absolute atomic E-state index is 0.165. The quantitative estimate of drug-likeness (QED) is 0.633. The fourth-order valence-electron chi connectivity index (χ4n) is 1.21. The second-order valence-electron chi connectivity index (χ2n) is 3.45. The third-order valence-electron chi connectivity index (χ3n) is 1.63. The van der Waals surface area contributed by atoms with Crippen LogP contribution >= 0.6 is 0 Å². The maximum atomic E-state index is 11.4. The van der Waals surface area contributed by atoms with Gasteiger partial charge in [-0.15, -0.1) is 0 Å². The van der Waals surface area contributed by atoms with E-state index in [2.05, 4.69) is 0 Å². The van der Waals surface area contributed by atoms with E-state index in [4.69, 9.17) is 4.74 Å². The molecule has 76 valence electrons. The minimum atomic E-state index is -0.289. The summed E-state index contributed by atoms with van der Waals surface area (Å²) in [7, 11) is 0. The third-order valence-corrected chi connectivity index (χ3v) is 1.63. The van der Waals surface area contributed by atoms with Crippen LogP contribution in [0.2, 0.25) is 0 Å². The summed E-state index contributed by atoms with van der Waals surface area (Å²) in [4.78, 5) is 13.1. The Morgan fingerprint density at radius 1 is 1.23 bits per heavy atom. The van der Waals surface area contributed by atoms with Gasteiger partial charge in [0.25, 0.3) is 0 Å². The molecular weight excluding hydrogens is 166 g/mol. The van der Waals surface area contributed by atoms with Crippen molar-refractivity contribution in [3.63, 3.8) is 0 Å². The van der Waals surface area contributed by atoms with Gasteiger partial charge in [-0.2, -0.15) is 0 Å². The highest BCUT2D eigenvalue weighted by Gasteiger charge is 2.20. The van der Waals surface area contributed by atoms with E-state index < -0.39 is 0 Å². The molecule has 0 aliphatic heterocycles. The van der Waals surface area contributed by atoms with E-state index in [-0.39, 0.29) is 18.2 Å². The fraction of sp³-hybridized carbons (Fsp3) is 0.700. The van der Waals surface area contributed by atoms with Gasteiger partial charge in [-0.1, -0.05) is 6.08 Å². The number of amides is 1. The largest absolute Gasteiger partial charge is 0.419 e. The Kier molecular flexibility index (Phi) is 5.19. The molecule has 13 heavy (non-hydrogen) atoms. The Morgan fingerprint density at radius 3 is 2.00 bits per heavy atom. The summed E-state index contributed by atoms with van der Waals surface area (Å²) in [6.45, 7) is 9.68. The van der Waals surface area contributed by atoms with Gasteiger partial charge in [0, 0.05) is 12.1 Å². The van der Waals surface area contributed by atoms with Crippen molar-refractivity contribution in [2.45, 2.75) is 46.7 Å². The lowest BCUT2D eigenvalue weighted by Gasteiger charge is -2.28. The first kappa shape index (κ1) is 12.0. The second-order valence-corrected chi connectivity index (χ2v) is 3.45. The topological polar surface area (TPSA) is 29.5 Å². The Labute approximate surface area is 80.4 Å². The lowest BCUT2D eigenvalue weighted by molar-refractivity contribution is 0.109. The Morgan fingerprint density at radius 2 is 1.69 bits per heavy atom. The average Bonchev–Trinajstić information content (AvgIpc) is 1.99. The first-order valence-electron chi connectivity index (χ1n) is 4.60. The minimum Gasteiger partial charge on any atom is -0.419 e. The molecule has 0 atom stereocenters. The molecule has 0 rings (SSSR count). The Balaban J connectivity index is 4.29. The molecule has 0 aromatic carbocycles. The lowest BCUT2D eigenvalue weighted by atomic mass is 10.2. The van der Waals surface area contributed by atoms with Crippen molar-refractivity contribution in [2.24, 2.45) is 0 Å². The van der Waals surface area contributed by atoms with Crippen LogP contribution < -0.4 is 0 Å². The van der Waals surface area contributed by atoms with Gasteiger partial charge in [-0.25, -0.2) is 4.79 Å². The second kappa shape index (κ2) is 5.62. The van der Waals surface area contributed by atoms with Crippen LogP contribution in [-0.2, 0) is 4.74 Å². The maximum Gasteiger partial charge on any atom is 0.415 e. The van der Waals surface area contributed by atoms with E-state index in [1.54, 1.807) is 11.0 Å². The third kappa shape index (κ3) is 3.97. The standard InChI is InChI=1S/C10H19NO2/c1-6-7-13-10(12)11(8(2)3)9(4)5/h6-9H,1-5H3. The summed E-state index contributed by atoms with van der Waals surface area (Å²) in [6, 6.07) is 0.329. The number of rotatable bonds is 3. The van der Waals surface area contributed by atoms with Crippen molar-refractivity contribution in [3.8, 4) is 0 Å². The molecule has 0 aliphatic rings. The molecule has 0 unspecified atom stereocenters. The molecular formula is C10H19NO2. The van der Waals surface area contributed by atoms with Crippen LogP contribution in [0.25, 0.3) is 0 Å². The molecule has 0 aromatic rings. The van der Waals surface area contributed by atoms with Gasteiger partial charge >= 0.3 is 6.09 Å². The molecule has 0 heterocycles. The predicted molar refractivity (Wildman–Crippen MR) is 53.4 cm³/mol. The first-order chi connectivity index (χ1) is 6.00. The molecule has 0 aliphatic carbocycles. The molecule has 0 radical (unpaired) electrons. The number of hydrogen-bond acceptors (Lipinski definition) is 2. The average molecular weight is 185 g/mol. The summed E-state index contributed by atoms with van der Waals surface area (Å²) in [5, 5.41) is 0. The summed E-state index contributed by atoms with van der Waals surface area (Å²) in [5.41, 5.74) is 0. The zero-order valence-corrected chi connectivity index (χ0v) is 9.07. The maximum absolute atomic E-state index is 11.4. The zero-order chi connectivity index (χ0) is 10.4. The van der Waals surface area contributed by atoms with Crippen molar-refractivity contribution in [1.82, 2.24) is 4.90 Å². The normalized spacial score (nSPS) is 11.3. The molecule has 0 saturated heterocycles. The van der Waals surface area contributed by atoms with Crippen LogP contribution in [0.3, 0.4) is 0 Å². The van der Waals surface area contributed by atoms with Crippen molar-refractivity contribution in [1.29, 1.82) is 0 Å². The van der Waals surface area contributed by atoms with Crippen molar-refractivity contribution in [2.75, 3.05) is 0 Å². The summed E-state index contributed by atoms with van der Waals surface area (Å²) in [6.07, 6.45) is 2.81. The number of carbonyl (C=O) groups excluding carboxylic acids is 1. The smallest absolute Gasteiger partial charge is 0.415 e. The molecule has 1 amide bonds. The number of carbonyl (C=O) groups is 1. The van der Waals surface area contributed by atoms with E-state index in [1.165, 1.54) is 6.26 Å². The monoisotopic (exact) mass is 185 g/mol. The van der Waals surface area contributed by atoms with E-state index in [0.29, 0.717) is 0 Å². The molecule has 0 fully saturated rings. The molecule has 0 saturated carbocycles. The molecule has 0 aromatic heterocycles. The first-order valence-corrected chi connectivity index (χ1v) is 4.60. The Bertz CT molecular complexity index is 177. The van der Waals surface area contributed by atoms with Gasteiger partial charge in [0.05, 0.1) is 6.26 Å². The highest BCUT2D eigenvalue weighted by Crippen LogP contribution is 2.07. The number of hydrogen-bond donors (Lipinski definition) is 0. The van der Waals surface area contributed by atoms with Gasteiger partial charge in [-0.3, -0.25) is 0 Å². The molecule has 0 spiro atoms. The lowest BCUT2D eigenvalue weighted by Crippen LogP contribution is -2.41. The van der Waals surface area contributed by atoms with Crippen LogP contribution in [0.4, 0.5) is 4.79 Å². The predicted octanol–water partition coefficient (Wildman–Crippen LogP) is 2.78. The van der Waals surface area contributed by atoms with Gasteiger partial charge in [0.15, 0.2) is 0 Å². The van der Waals surface area contributed by atoms with E-state index in [1.807, 2.05) is 34.6 Å². The molecule has 0 N–H and O–H groups in total. The van der Waals surface area contributed by atoms with E-state index in [0.717, 1.165) is 0 Å². The highest BCUT2D eigenvalue weighted by atomic mass is 16.5. The molecule has 0 bridgehead atoms. The number of ether oxygens (including phenoxy) is 1. The van der Waals surface area contributed by atoms with Crippen molar-refractivity contribution < 1.29 is 9.53 Å². The number of allylic oxidation sites excluding steroid dienone is 1. The van der Waals surface area contributed by atoms with Crippen molar-refractivity contribution >= 4 is 6.09 Å². The van der Waals surface area contributed by atoms with E-state index in [9.17, 15) is 4.79 Å². The SMILES string of the molecule is CC=COC(=O)N(C(C)C)C(C)C. The van der Waals surface area contributed by atoms with Crippen LogP contribution in [0.15, 0.2) is 12.3 Å².